The van der Waals surface area contributed by atoms with Gasteiger partial charge in [0.05, 0.1) is 6.61 Å². The van der Waals surface area contributed by atoms with Crippen molar-refractivity contribution in [2.24, 2.45) is 0 Å². The smallest absolute Gasteiger partial charge is 0.355 e. The molecule has 25 heavy (non-hydrogen) atoms. The second-order valence-electron chi connectivity index (χ2n) is 5.33. The van der Waals surface area contributed by atoms with Gasteiger partial charge < -0.3 is 14.5 Å². The van der Waals surface area contributed by atoms with E-state index in [1.165, 1.54) is 0 Å². The predicted octanol–water partition coefficient (Wildman–Crippen LogP) is 5.26. The Labute approximate surface area is 148 Å². The quantitative estimate of drug-likeness (QED) is 0.645. The van der Waals surface area contributed by atoms with Crippen LogP contribution in [0.4, 0.5) is 0 Å². The van der Waals surface area contributed by atoms with Crippen LogP contribution in [-0.2, 0) is 11.3 Å². The highest BCUT2D eigenvalue weighted by Gasteiger charge is 2.16. The Morgan fingerprint density at radius 1 is 1.08 bits per heavy atom. The maximum absolute atomic E-state index is 11.9. The van der Waals surface area contributed by atoms with Crippen molar-refractivity contribution >= 4 is 16.9 Å². The minimum absolute atomic E-state index is 0.326. The van der Waals surface area contributed by atoms with E-state index in [0.29, 0.717) is 18.9 Å². The molecule has 0 radical (unpaired) electrons. The highest BCUT2D eigenvalue weighted by atomic mass is 16.5. The van der Waals surface area contributed by atoms with Crippen molar-refractivity contribution in [3.05, 3.63) is 65.4 Å². The Morgan fingerprint density at radius 3 is 2.48 bits per heavy atom. The molecule has 0 saturated carbocycles. The van der Waals surface area contributed by atoms with E-state index in [2.05, 4.69) is 4.98 Å². The van der Waals surface area contributed by atoms with Crippen LogP contribution in [-0.4, -0.2) is 17.6 Å². The summed E-state index contributed by atoms with van der Waals surface area (Å²) in [4.78, 5) is 15.1. The molecule has 1 heterocycles. The molecule has 1 N–H and O–H groups in total. The van der Waals surface area contributed by atoms with Crippen LogP contribution in [0.1, 0.15) is 42.4 Å². The Balaban J connectivity index is 0.00000109. The van der Waals surface area contributed by atoms with Crippen molar-refractivity contribution in [1.29, 1.82) is 0 Å². The van der Waals surface area contributed by atoms with Gasteiger partial charge in [-0.2, -0.15) is 0 Å². The van der Waals surface area contributed by atoms with Crippen LogP contribution < -0.4 is 4.74 Å². The van der Waals surface area contributed by atoms with Crippen molar-refractivity contribution in [3.8, 4) is 5.75 Å². The van der Waals surface area contributed by atoms with E-state index in [4.69, 9.17) is 9.47 Å². The Morgan fingerprint density at radius 2 is 1.80 bits per heavy atom. The van der Waals surface area contributed by atoms with Crippen LogP contribution in [0.25, 0.3) is 10.9 Å². The molecule has 0 spiro atoms. The maximum Gasteiger partial charge on any atom is 0.355 e. The standard InChI is InChI=1S/C19H19NO3.C2H6/c1-3-22-19(21)18-13(2)16-11-15(9-10-17(16)20-18)23-12-14-7-5-4-6-8-14;1-2/h4-11,20H,3,12H2,1-2H3;1-2H3. The van der Waals surface area contributed by atoms with E-state index < -0.39 is 0 Å². The van der Waals surface area contributed by atoms with Gasteiger partial charge in [-0.25, -0.2) is 4.79 Å². The molecule has 0 saturated heterocycles. The molecule has 4 heteroatoms. The Hall–Kier alpha value is -2.75. The first-order chi connectivity index (χ1) is 12.2. The van der Waals surface area contributed by atoms with Crippen LogP contribution in [0.15, 0.2) is 48.5 Å². The van der Waals surface area contributed by atoms with Gasteiger partial charge in [0.2, 0.25) is 0 Å². The van der Waals surface area contributed by atoms with Gasteiger partial charge in [0, 0.05) is 10.9 Å². The summed E-state index contributed by atoms with van der Waals surface area (Å²) in [6, 6.07) is 15.8. The molecule has 0 fully saturated rings. The number of aromatic amines is 1. The van der Waals surface area contributed by atoms with Crippen molar-refractivity contribution in [2.75, 3.05) is 6.61 Å². The third kappa shape index (κ3) is 4.41. The van der Waals surface area contributed by atoms with Gasteiger partial charge in [0.15, 0.2) is 0 Å². The number of carbonyl (C=O) groups is 1. The van der Waals surface area contributed by atoms with Gasteiger partial charge in [0.1, 0.15) is 18.1 Å². The van der Waals surface area contributed by atoms with Crippen molar-refractivity contribution < 1.29 is 14.3 Å². The van der Waals surface area contributed by atoms with E-state index in [1.54, 1.807) is 6.92 Å². The number of benzene rings is 2. The summed E-state index contributed by atoms with van der Waals surface area (Å²) in [5, 5.41) is 0.971. The molecular formula is C21H25NO3. The molecule has 0 unspecified atom stereocenters. The molecule has 0 amide bonds. The summed E-state index contributed by atoms with van der Waals surface area (Å²) in [5.74, 6) is 0.451. The zero-order valence-corrected chi connectivity index (χ0v) is 15.3. The largest absolute Gasteiger partial charge is 0.489 e. The summed E-state index contributed by atoms with van der Waals surface area (Å²) in [7, 11) is 0. The lowest BCUT2D eigenvalue weighted by Gasteiger charge is -2.06. The van der Waals surface area contributed by atoms with E-state index in [9.17, 15) is 4.79 Å². The number of nitrogens with one attached hydrogen (secondary N) is 1. The van der Waals surface area contributed by atoms with Crippen molar-refractivity contribution in [3.63, 3.8) is 0 Å². The highest BCUT2D eigenvalue weighted by Crippen LogP contribution is 2.27. The summed E-state index contributed by atoms with van der Waals surface area (Å²) >= 11 is 0. The van der Waals surface area contributed by atoms with Gasteiger partial charge in [-0.15, -0.1) is 0 Å². The van der Waals surface area contributed by atoms with E-state index >= 15 is 0 Å². The minimum Gasteiger partial charge on any atom is -0.489 e. The number of H-pyrrole nitrogens is 1. The minimum atomic E-state index is -0.326. The third-order valence-electron chi connectivity index (χ3n) is 3.76. The predicted molar refractivity (Wildman–Crippen MR) is 101 cm³/mol. The van der Waals surface area contributed by atoms with Crippen LogP contribution >= 0.6 is 0 Å². The molecule has 3 aromatic rings. The fraction of sp³-hybridized carbons (Fsp3) is 0.286. The number of fused-ring (bicyclic) bond motifs is 1. The molecule has 0 atom stereocenters. The number of hydrogen-bond acceptors (Lipinski definition) is 3. The molecule has 0 aliphatic carbocycles. The van der Waals surface area contributed by atoms with Gasteiger partial charge in [-0.1, -0.05) is 44.2 Å². The Kier molecular flexibility index (Phi) is 6.63. The van der Waals surface area contributed by atoms with Gasteiger partial charge in [0.25, 0.3) is 0 Å². The third-order valence-corrected chi connectivity index (χ3v) is 3.76. The molecule has 0 aliphatic heterocycles. The molecule has 1 aromatic heterocycles. The molecule has 132 valence electrons. The Bertz CT molecular complexity index is 822. The van der Waals surface area contributed by atoms with E-state index in [0.717, 1.165) is 27.8 Å². The summed E-state index contributed by atoms with van der Waals surface area (Å²) in [6.45, 7) is 8.58. The number of aryl methyl sites for hydroxylation is 1. The second-order valence-corrected chi connectivity index (χ2v) is 5.33. The number of carbonyl (C=O) groups excluding carboxylic acids is 1. The number of aromatic nitrogens is 1. The summed E-state index contributed by atoms with van der Waals surface area (Å²) < 4.78 is 10.9. The lowest BCUT2D eigenvalue weighted by atomic mass is 10.1. The number of hydrogen-bond donors (Lipinski definition) is 1. The molecule has 0 aliphatic rings. The van der Waals surface area contributed by atoms with E-state index in [1.807, 2.05) is 69.3 Å². The number of rotatable bonds is 5. The zero-order valence-electron chi connectivity index (χ0n) is 15.3. The van der Waals surface area contributed by atoms with Crippen molar-refractivity contribution in [2.45, 2.75) is 34.3 Å². The highest BCUT2D eigenvalue weighted by molar-refractivity contribution is 5.98. The normalized spacial score (nSPS) is 10.1. The maximum atomic E-state index is 11.9. The summed E-state index contributed by atoms with van der Waals surface area (Å²) in [6.07, 6.45) is 0. The average Bonchev–Trinajstić information content (AvgIpc) is 2.99. The first-order valence-corrected chi connectivity index (χ1v) is 8.65. The zero-order chi connectivity index (χ0) is 18.2. The second kappa shape index (κ2) is 8.92. The van der Waals surface area contributed by atoms with Crippen LogP contribution in [0.2, 0.25) is 0 Å². The molecular weight excluding hydrogens is 314 g/mol. The lowest BCUT2D eigenvalue weighted by molar-refractivity contribution is 0.0520. The summed E-state index contributed by atoms with van der Waals surface area (Å²) in [5.41, 5.74) is 3.40. The van der Waals surface area contributed by atoms with Crippen molar-refractivity contribution in [1.82, 2.24) is 4.98 Å². The first-order valence-electron chi connectivity index (χ1n) is 8.65. The molecule has 2 aromatic carbocycles. The van der Waals surface area contributed by atoms with E-state index in [-0.39, 0.29) is 5.97 Å². The van der Waals surface area contributed by atoms with Gasteiger partial charge in [-0.05, 0) is 43.2 Å². The average molecular weight is 339 g/mol. The fourth-order valence-electron chi connectivity index (χ4n) is 2.54. The monoisotopic (exact) mass is 339 g/mol. The van der Waals surface area contributed by atoms with Crippen LogP contribution in [0.5, 0.6) is 5.75 Å². The molecule has 0 bridgehead atoms. The van der Waals surface area contributed by atoms with Crippen LogP contribution in [0.3, 0.4) is 0 Å². The lowest BCUT2D eigenvalue weighted by Crippen LogP contribution is -2.06. The SMILES string of the molecule is CC.CCOC(=O)c1[nH]c2ccc(OCc3ccccc3)cc2c1C. The fourth-order valence-corrected chi connectivity index (χ4v) is 2.54. The first kappa shape index (κ1) is 18.6. The molecule has 4 nitrogen and oxygen atoms in total. The molecule has 3 rings (SSSR count). The number of esters is 1. The number of ether oxygens (including phenoxy) is 2. The van der Waals surface area contributed by atoms with Gasteiger partial charge >= 0.3 is 5.97 Å². The topological polar surface area (TPSA) is 51.3 Å². The van der Waals surface area contributed by atoms with Crippen LogP contribution in [0, 0.1) is 6.92 Å². The van der Waals surface area contributed by atoms with Gasteiger partial charge in [-0.3, -0.25) is 0 Å².